The second-order valence-electron chi connectivity index (χ2n) is 2.81. The van der Waals surface area contributed by atoms with Crippen molar-refractivity contribution >= 4 is 0 Å². The van der Waals surface area contributed by atoms with E-state index < -0.39 is 0 Å². The monoisotopic (exact) mass is 148 g/mol. The molecular formula is C8H8N2O. The fourth-order valence-electron chi connectivity index (χ4n) is 1.05. The van der Waals surface area contributed by atoms with Crippen LogP contribution in [0.2, 0.25) is 0 Å². The minimum atomic E-state index is 0.319. The lowest BCUT2D eigenvalue weighted by molar-refractivity contribution is 0.384. The van der Waals surface area contributed by atoms with Crippen molar-refractivity contribution in [1.29, 1.82) is 0 Å². The summed E-state index contributed by atoms with van der Waals surface area (Å²) in [5, 5.41) is 3.88. The van der Waals surface area contributed by atoms with Gasteiger partial charge >= 0.3 is 0 Å². The molecular weight excluding hydrogens is 140 g/mol. The third-order valence-corrected chi connectivity index (χ3v) is 1.81. The zero-order chi connectivity index (χ0) is 7.68. The van der Waals surface area contributed by atoms with Crippen LogP contribution in [0.25, 0.3) is 4.85 Å². The predicted octanol–water partition coefficient (Wildman–Crippen LogP) is 1.97. The van der Waals surface area contributed by atoms with Crippen LogP contribution in [0, 0.1) is 6.57 Å². The molecule has 0 saturated heterocycles. The number of rotatable bonds is 2. The molecule has 0 N–H and O–H groups in total. The standard InChI is InChI=1S/C8H8N2O/c1-9-5-7-4-8(10-11-7)6-2-3-6/h4,6H,2-3,5H2. The van der Waals surface area contributed by atoms with Gasteiger partial charge < -0.3 is 9.37 Å². The molecule has 0 aromatic carbocycles. The molecule has 1 aliphatic rings. The van der Waals surface area contributed by atoms with E-state index in [0.29, 0.717) is 18.2 Å². The Bertz CT molecular complexity index is 293. The molecule has 3 heteroatoms. The highest BCUT2D eigenvalue weighted by Gasteiger charge is 2.27. The van der Waals surface area contributed by atoms with E-state index in [9.17, 15) is 0 Å². The third kappa shape index (κ3) is 1.25. The Morgan fingerprint density at radius 1 is 1.73 bits per heavy atom. The molecule has 0 atom stereocenters. The maximum atomic E-state index is 6.61. The number of aromatic nitrogens is 1. The molecule has 1 aromatic rings. The molecule has 0 amide bonds. The van der Waals surface area contributed by atoms with Gasteiger partial charge in [-0.2, -0.15) is 0 Å². The molecule has 0 spiro atoms. The zero-order valence-corrected chi connectivity index (χ0v) is 6.08. The lowest BCUT2D eigenvalue weighted by Gasteiger charge is -1.78. The van der Waals surface area contributed by atoms with Crippen molar-refractivity contribution in [2.75, 3.05) is 0 Å². The van der Waals surface area contributed by atoms with Crippen LogP contribution in [0.4, 0.5) is 0 Å². The molecule has 1 aliphatic carbocycles. The van der Waals surface area contributed by atoms with Gasteiger partial charge in [0.25, 0.3) is 6.54 Å². The van der Waals surface area contributed by atoms with Crippen LogP contribution in [0.15, 0.2) is 10.6 Å². The van der Waals surface area contributed by atoms with E-state index >= 15 is 0 Å². The van der Waals surface area contributed by atoms with Gasteiger partial charge in [0.1, 0.15) is 0 Å². The Morgan fingerprint density at radius 2 is 2.55 bits per heavy atom. The average molecular weight is 148 g/mol. The van der Waals surface area contributed by atoms with Crippen LogP contribution in [0.5, 0.6) is 0 Å². The summed E-state index contributed by atoms with van der Waals surface area (Å²) in [5.74, 6) is 1.32. The van der Waals surface area contributed by atoms with Gasteiger partial charge in [-0.05, 0) is 12.8 Å². The average Bonchev–Trinajstić information content (AvgIpc) is 2.75. The van der Waals surface area contributed by atoms with Crippen LogP contribution < -0.4 is 0 Å². The minimum absolute atomic E-state index is 0.319. The van der Waals surface area contributed by atoms with Gasteiger partial charge in [0.2, 0.25) is 5.76 Å². The van der Waals surface area contributed by atoms with Crippen molar-refractivity contribution in [3.05, 3.63) is 28.9 Å². The van der Waals surface area contributed by atoms with Crippen molar-refractivity contribution in [2.45, 2.75) is 25.3 Å². The lowest BCUT2D eigenvalue weighted by atomic mass is 10.3. The molecule has 2 rings (SSSR count). The molecule has 1 aromatic heterocycles. The maximum Gasteiger partial charge on any atom is 0.274 e. The largest absolute Gasteiger partial charge is 0.353 e. The van der Waals surface area contributed by atoms with Gasteiger partial charge in [-0.3, -0.25) is 0 Å². The first-order valence-electron chi connectivity index (χ1n) is 3.69. The summed E-state index contributed by atoms with van der Waals surface area (Å²) >= 11 is 0. The van der Waals surface area contributed by atoms with Crippen molar-refractivity contribution < 1.29 is 4.52 Å². The Balaban J connectivity index is 2.13. The van der Waals surface area contributed by atoms with Crippen LogP contribution >= 0.6 is 0 Å². The summed E-state index contributed by atoms with van der Waals surface area (Å²) in [6.07, 6.45) is 2.45. The van der Waals surface area contributed by atoms with E-state index in [0.717, 1.165) is 5.69 Å². The van der Waals surface area contributed by atoms with Crippen molar-refractivity contribution in [2.24, 2.45) is 0 Å². The predicted molar refractivity (Wildman–Crippen MR) is 38.8 cm³/mol. The van der Waals surface area contributed by atoms with Crippen molar-refractivity contribution in [1.82, 2.24) is 5.16 Å². The number of hydrogen-bond acceptors (Lipinski definition) is 2. The Labute approximate surface area is 64.8 Å². The normalized spacial score (nSPS) is 16.3. The fourth-order valence-corrected chi connectivity index (χ4v) is 1.05. The molecule has 3 nitrogen and oxygen atoms in total. The van der Waals surface area contributed by atoms with Gasteiger partial charge in [-0.25, -0.2) is 6.57 Å². The number of nitrogens with zero attached hydrogens (tertiary/aromatic N) is 2. The highest BCUT2D eigenvalue weighted by molar-refractivity contribution is 5.15. The highest BCUT2D eigenvalue weighted by Crippen LogP contribution is 2.39. The summed E-state index contributed by atoms with van der Waals surface area (Å²) in [5.41, 5.74) is 1.03. The molecule has 0 unspecified atom stereocenters. The van der Waals surface area contributed by atoms with Crippen LogP contribution in [0.3, 0.4) is 0 Å². The van der Waals surface area contributed by atoms with Crippen LogP contribution in [-0.4, -0.2) is 5.16 Å². The van der Waals surface area contributed by atoms with Crippen molar-refractivity contribution in [3.8, 4) is 0 Å². The second kappa shape index (κ2) is 2.39. The van der Waals surface area contributed by atoms with Gasteiger partial charge in [0.05, 0.1) is 5.69 Å². The SMILES string of the molecule is [C-]#[N+]Cc1cc(C2CC2)no1. The Hall–Kier alpha value is -1.30. The maximum absolute atomic E-state index is 6.61. The smallest absolute Gasteiger partial charge is 0.274 e. The Morgan fingerprint density at radius 3 is 3.18 bits per heavy atom. The van der Waals surface area contributed by atoms with Crippen molar-refractivity contribution in [3.63, 3.8) is 0 Å². The topological polar surface area (TPSA) is 30.4 Å². The van der Waals surface area contributed by atoms with Crippen LogP contribution in [0.1, 0.15) is 30.2 Å². The molecule has 1 saturated carbocycles. The molecule has 56 valence electrons. The highest BCUT2D eigenvalue weighted by atomic mass is 16.5. The first kappa shape index (κ1) is 6.41. The van der Waals surface area contributed by atoms with Gasteiger partial charge in [-0.15, -0.1) is 0 Å². The summed E-state index contributed by atoms with van der Waals surface area (Å²) in [6, 6.07) is 1.90. The molecule has 0 aliphatic heterocycles. The van der Waals surface area contributed by atoms with Gasteiger partial charge in [0, 0.05) is 12.0 Å². The fraction of sp³-hybridized carbons (Fsp3) is 0.500. The van der Waals surface area contributed by atoms with Crippen LogP contribution in [-0.2, 0) is 6.54 Å². The molecule has 11 heavy (non-hydrogen) atoms. The van der Waals surface area contributed by atoms with E-state index in [1.807, 2.05) is 6.07 Å². The second-order valence-corrected chi connectivity index (χ2v) is 2.81. The quantitative estimate of drug-likeness (QED) is 0.600. The summed E-state index contributed by atoms with van der Waals surface area (Å²) in [7, 11) is 0. The van der Waals surface area contributed by atoms with Gasteiger partial charge in [0.15, 0.2) is 0 Å². The molecule has 1 heterocycles. The van der Waals surface area contributed by atoms with E-state index in [1.54, 1.807) is 0 Å². The minimum Gasteiger partial charge on any atom is -0.353 e. The van der Waals surface area contributed by atoms with Gasteiger partial charge in [-0.1, -0.05) is 5.16 Å². The number of hydrogen-bond donors (Lipinski definition) is 0. The summed E-state index contributed by atoms with van der Waals surface area (Å²) < 4.78 is 4.94. The summed E-state index contributed by atoms with van der Waals surface area (Å²) in [6.45, 7) is 6.93. The molecule has 0 radical (unpaired) electrons. The first-order valence-corrected chi connectivity index (χ1v) is 3.69. The lowest BCUT2D eigenvalue weighted by Crippen LogP contribution is -1.74. The molecule has 0 bridgehead atoms. The third-order valence-electron chi connectivity index (χ3n) is 1.81. The van der Waals surface area contributed by atoms with E-state index in [4.69, 9.17) is 11.1 Å². The summed E-state index contributed by atoms with van der Waals surface area (Å²) in [4.78, 5) is 3.22. The first-order chi connectivity index (χ1) is 5.40. The zero-order valence-electron chi connectivity index (χ0n) is 6.08. The molecule has 1 fully saturated rings. The van der Waals surface area contributed by atoms with E-state index in [1.165, 1.54) is 12.8 Å². The van der Waals surface area contributed by atoms with E-state index in [2.05, 4.69) is 10.0 Å². The Kier molecular flexibility index (Phi) is 1.39. The van der Waals surface area contributed by atoms with E-state index in [-0.39, 0.29) is 0 Å².